The number of carbonyl (C=O) groups excluding carboxylic acids is 1. The second-order valence-corrected chi connectivity index (χ2v) is 9.25. The van der Waals surface area contributed by atoms with Gasteiger partial charge in [-0.15, -0.1) is 11.3 Å². The Hall–Kier alpha value is -1.47. The van der Waals surface area contributed by atoms with Crippen molar-refractivity contribution in [3.05, 3.63) is 45.1 Å². The summed E-state index contributed by atoms with van der Waals surface area (Å²) in [6, 6.07) is 9.88. The van der Waals surface area contributed by atoms with Gasteiger partial charge in [0.05, 0.1) is 33.6 Å². The topological polar surface area (TPSA) is 42.4 Å². The minimum Gasteiger partial charge on any atom is -0.376 e. The molecule has 2 aromatic heterocycles. The number of aryl methyl sites for hydroxylation is 1. The fourth-order valence-electron chi connectivity index (χ4n) is 3.16. The first kappa shape index (κ1) is 17.9. The average Bonchev–Trinajstić information content (AvgIpc) is 3.34. The zero-order valence-corrected chi connectivity index (χ0v) is 16.8. The molecule has 0 radical (unpaired) electrons. The van der Waals surface area contributed by atoms with Crippen molar-refractivity contribution in [1.82, 2.24) is 4.98 Å². The molecule has 3 aromatic rings. The van der Waals surface area contributed by atoms with Gasteiger partial charge in [-0.3, -0.25) is 9.69 Å². The van der Waals surface area contributed by atoms with E-state index < -0.39 is 0 Å². The predicted octanol–water partition coefficient (Wildman–Crippen LogP) is 5.07. The minimum absolute atomic E-state index is 0.0377. The summed E-state index contributed by atoms with van der Waals surface area (Å²) in [5.41, 5.74) is 2.09. The van der Waals surface area contributed by atoms with Gasteiger partial charge in [-0.25, -0.2) is 4.98 Å². The normalized spacial score (nSPS) is 17.1. The molecule has 26 heavy (non-hydrogen) atoms. The van der Waals surface area contributed by atoms with Gasteiger partial charge in [0.1, 0.15) is 0 Å². The Balaban J connectivity index is 1.64. The van der Waals surface area contributed by atoms with Crippen molar-refractivity contribution < 1.29 is 9.53 Å². The number of thiazole rings is 1. The number of amides is 1. The third-order valence-electron chi connectivity index (χ3n) is 4.51. The van der Waals surface area contributed by atoms with E-state index in [1.54, 1.807) is 16.2 Å². The van der Waals surface area contributed by atoms with Crippen LogP contribution in [-0.2, 0) is 16.0 Å². The SMILES string of the molecule is Cc1cccc2sc(N(CC3CCCO3)C(=O)Cc3ccc(Cl)s3)nc12. The molecule has 0 saturated carbocycles. The minimum atomic E-state index is 0.0377. The third kappa shape index (κ3) is 3.78. The van der Waals surface area contributed by atoms with Crippen LogP contribution in [0, 0.1) is 6.92 Å². The summed E-state index contributed by atoms with van der Waals surface area (Å²) in [6.45, 7) is 3.37. The monoisotopic (exact) mass is 406 g/mol. The lowest BCUT2D eigenvalue weighted by Gasteiger charge is -2.22. The lowest BCUT2D eigenvalue weighted by Crippen LogP contribution is -2.38. The molecule has 1 unspecified atom stereocenters. The molecule has 0 N–H and O–H groups in total. The van der Waals surface area contributed by atoms with Crippen molar-refractivity contribution in [3.8, 4) is 0 Å². The van der Waals surface area contributed by atoms with Crippen molar-refractivity contribution in [2.45, 2.75) is 32.3 Å². The highest BCUT2D eigenvalue weighted by molar-refractivity contribution is 7.22. The molecule has 1 fully saturated rings. The molecular weight excluding hydrogens is 388 g/mol. The first-order valence-corrected chi connectivity index (χ1v) is 10.6. The quantitative estimate of drug-likeness (QED) is 0.593. The van der Waals surface area contributed by atoms with Crippen LogP contribution >= 0.6 is 34.3 Å². The summed E-state index contributed by atoms with van der Waals surface area (Å²) in [4.78, 5) is 20.6. The van der Waals surface area contributed by atoms with Gasteiger partial charge in [-0.2, -0.15) is 0 Å². The molecule has 1 aromatic carbocycles. The standard InChI is InChI=1S/C19H19ClN2O2S2/c1-12-4-2-6-15-18(12)21-19(26-15)22(11-13-5-3-9-24-13)17(23)10-14-7-8-16(20)25-14/h2,4,6-8,13H,3,5,9-11H2,1H3. The Bertz CT molecular complexity index is 931. The number of hydrogen-bond donors (Lipinski definition) is 0. The summed E-state index contributed by atoms with van der Waals surface area (Å²) in [5, 5.41) is 0.748. The molecule has 1 amide bonds. The van der Waals surface area contributed by atoms with Crippen molar-refractivity contribution >= 4 is 55.5 Å². The van der Waals surface area contributed by atoms with Crippen LogP contribution in [0.4, 0.5) is 5.13 Å². The summed E-state index contributed by atoms with van der Waals surface area (Å²) in [6.07, 6.45) is 2.45. The molecular formula is C19H19ClN2O2S2. The summed E-state index contributed by atoms with van der Waals surface area (Å²) < 4.78 is 7.58. The highest BCUT2D eigenvalue weighted by Gasteiger charge is 2.26. The molecule has 0 spiro atoms. The van der Waals surface area contributed by atoms with Gasteiger partial charge in [0, 0.05) is 11.5 Å². The van der Waals surface area contributed by atoms with Crippen LogP contribution in [-0.4, -0.2) is 30.1 Å². The number of ether oxygens (including phenoxy) is 1. The second kappa shape index (κ2) is 7.64. The number of carbonyl (C=O) groups is 1. The third-order valence-corrected chi connectivity index (χ3v) is 6.78. The van der Waals surface area contributed by atoms with E-state index in [2.05, 4.69) is 6.07 Å². The smallest absolute Gasteiger partial charge is 0.234 e. The molecule has 0 aliphatic carbocycles. The van der Waals surface area contributed by atoms with E-state index in [0.717, 1.165) is 45.2 Å². The Kier molecular flexibility index (Phi) is 5.27. The van der Waals surface area contributed by atoms with Gasteiger partial charge in [-0.1, -0.05) is 35.1 Å². The molecule has 0 bridgehead atoms. The number of rotatable bonds is 5. The highest BCUT2D eigenvalue weighted by atomic mass is 35.5. The number of anilines is 1. The number of fused-ring (bicyclic) bond motifs is 1. The number of benzene rings is 1. The van der Waals surface area contributed by atoms with Crippen LogP contribution < -0.4 is 4.90 Å². The Morgan fingerprint density at radius 3 is 2.92 bits per heavy atom. The molecule has 1 saturated heterocycles. The van der Waals surface area contributed by atoms with Crippen LogP contribution in [0.15, 0.2) is 30.3 Å². The second-order valence-electron chi connectivity index (χ2n) is 6.44. The number of nitrogens with zero attached hydrogens (tertiary/aromatic N) is 2. The maximum Gasteiger partial charge on any atom is 0.234 e. The van der Waals surface area contributed by atoms with E-state index in [0.29, 0.717) is 17.3 Å². The Morgan fingerprint density at radius 2 is 2.23 bits per heavy atom. The maximum absolute atomic E-state index is 13.1. The van der Waals surface area contributed by atoms with E-state index in [4.69, 9.17) is 21.3 Å². The van der Waals surface area contributed by atoms with Crippen LogP contribution in [0.1, 0.15) is 23.3 Å². The fraction of sp³-hybridized carbons (Fsp3) is 0.368. The number of halogens is 1. The van der Waals surface area contributed by atoms with Crippen molar-refractivity contribution in [1.29, 1.82) is 0 Å². The van der Waals surface area contributed by atoms with Crippen molar-refractivity contribution in [2.24, 2.45) is 0 Å². The number of para-hydroxylation sites is 1. The van der Waals surface area contributed by atoms with E-state index in [9.17, 15) is 4.79 Å². The van der Waals surface area contributed by atoms with Crippen molar-refractivity contribution in [2.75, 3.05) is 18.1 Å². The van der Waals surface area contributed by atoms with Gasteiger partial charge >= 0.3 is 0 Å². The molecule has 4 nitrogen and oxygen atoms in total. The van der Waals surface area contributed by atoms with Gasteiger partial charge in [-0.05, 0) is 43.5 Å². The molecule has 4 rings (SSSR count). The lowest BCUT2D eigenvalue weighted by atomic mass is 10.2. The van der Waals surface area contributed by atoms with E-state index in [1.165, 1.54) is 11.3 Å². The van der Waals surface area contributed by atoms with Crippen molar-refractivity contribution in [3.63, 3.8) is 0 Å². The first-order valence-electron chi connectivity index (χ1n) is 8.62. The summed E-state index contributed by atoms with van der Waals surface area (Å²) in [5.74, 6) is 0.0377. The van der Waals surface area contributed by atoms with Crippen LogP contribution in [0.2, 0.25) is 4.34 Å². The molecule has 136 valence electrons. The highest BCUT2D eigenvalue weighted by Crippen LogP contribution is 2.32. The Labute approximate surface area is 165 Å². The number of aromatic nitrogens is 1. The van der Waals surface area contributed by atoms with Gasteiger partial charge in [0.25, 0.3) is 0 Å². The van der Waals surface area contributed by atoms with Crippen LogP contribution in [0.5, 0.6) is 0 Å². The Morgan fingerprint density at radius 1 is 1.35 bits per heavy atom. The lowest BCUT2D eigenvalue weighted by molar-refractivity contribution is -0.118. The first-order chi connectivity index (χ1) is 12.6. The fourth-order valence-corrected chi connectivity index (χ4v) is 5.31. The summed E-state index contributed by atoms with van der Waals surface area (Å²) in [7, 11) is 0. The van der Waals surface area contributed by atoms with E-state index in [1.807, 2.05) is 31.2 Å². The maximum atomic E-state index is 13.1. The molecule has 7 heteroatoms. The number of hydrogen-bond acceptors (Lipinski definition) is 5. The average molecular weight is 407 g/mol. The molecule has 1 atom stereocenters. The van der Waals surface area contributed by atoms with Crippen LogP contribution in [0.3, 0.4) is 0 Å². The van der Waals surface area contributed by atoms with Gasteiger partial charge < -0.3 is 4.74 Å². The summed E-state index contributed by atoms with van der Waals surface area (Å²) >= 11 is 9.02. The predicted molar refractivity (Wildman–Crippen MR) is 109 cm³/mol. The zero-order chi connectivity index (χ0) is 18.1. The molecule has 1 aliphatic heterocycles. The number of thiophene rings is 1. The van der Waals surface area contributed by atoms with E-state index in [-0.39, 0.29) is 12.0 Å². The van der Waals surface area contributed by atoms with E-state index >= 15 is 0 Å². The molecule has 1 aliphatic rings. The molecule has 3 heterocycles. The zero-order valence-electron chi connectivity index (χ0n) is 14.4. The van der Waals surface area contributed by atoms with Crippen LogP contribution in [0.25, 0.3) is 10.2 Å². The largest absolute Gasteiger partial charge is 0.376 e. The van der Waals surface area contributed by atoms with Gasteiger partial charge in [0.2, 0.25) is 5.91 Å². The van der Waals surface area contributed by atoms with Gasteiger partial charge in [0.15, 0.2) is 5.13 Å².